The van der Waals surface area contributed by atoms with E-state index in [9.17, 15) is 15.3 Å². The molecule has 0 amide bonds. The van der Waals surface area contributed by atoms with E-state index in [-0.39, 0.29) is 84.7 Å². The highest BCUT2D eigenvalue weighted by atomic mass is 16.7. The summed E-state index contributed by atoms with van der Waals surface area (Å²) in [6.45, 7) is 17.4. The molecule has 16 heteroatoms. The summed E-state index contributed by atoms with van der Waals surface area (Å²) >= 11 is 0. The van der Waals surface area contributed by atoms with Crippen LogP contribution in [0, 0.1) is 23.7 Å². The van der Waals surface area contributed by atoms with Gasteiger partial charge in [-0.2, -0.15) is 0 Å². The molecule has 13 heterocycles. The van der Waals surface area contributed by atoms with Crippen LogP contribution in [-0.4, -0.2) is 185 Å². The number of aliphatic hydroxyl groups is 3. The third kappa shape index (κ3) is 9.29. The van der Waals surface area contributed by atoms with Crippen molar-refractivity contribution in [2.24, 2.45) is 23.7 Å². The molecule has 0 aliphatic carbocycles. The molecule has 76 heavy (non-hydrogen) atoms. The highest BCUT2D eigenvalue weighted by molar-refractivity contribution is 5.20. The SMILES string of the molecule is C=C/C=C/[C@H]1C=C[C@@H]2O[C@@H]3C[C@@H]4O[C@@H]5C=CC6O[C@@H]7C[C@@H](O)[C@]8(C)O[C@@H]9C[C@H](C)C[C@]%10(C)O[C@@H]%11[C@@H](C)[C@H](O)[C@@H]%12O[C@@]%13(CCCO%13)[C@@H](C)[C@H](C)[C@H]%12O[C@H]%11C[C@H]%10O[C@H]9C[C@H]8O[C@H]7C/C=C\C[C@H]6O[C@H]5C=C[C@H]4O[C@H]3[C@H](O)[C@H]2O1. The Labute approximate surface area is 448 Å². The van der Waals surface area contributed by atoms with Crippen LogP contribution in [0.3, 0.4) is 0 Å². The molecule has 13 aliphatic rings. The van der Waals surface area contributed by atoms with E-state index in [1.807, 2.05) is 43.4 Å². The predicted octanol–water partition coefficient (Wildman–Crippen LogP) is 5.83. The minimum absolute atomic E-state index is 0.0897. The largest absolute Gasteiger partial charge is 0.390 e. The molecule has 0 radical (unpaired) electrons. The molecule has 420 valence electrons. The monoisotopic (exact) mass is 1060 g/mol. The zero-order valence-corrected chi connectivity index (χ0v) is 45.2. The fourth-order valence-electron chi connectivity index (χ4n) is 16.0. The molecule has 31 atom stereocenters. The van der Waals surface area contributed by atoms with E-state index in [4.69, 9.17) is 61.6 Å². The summed E-state index contributed by atoms with van der Waals surface area (Å²) in [6.07, 6.45) is 17.2. The Morgan fingerprint density at radius 1 is 0.526 bits per heavy atom. The van der Waals surface area contributed by atoms with E-state index >= 15 is 0 Å². The van der Waals surface area contributed by atoms with Gasteiger partial charge in [0.15, 0.2) is 5.79 Å². The molecule has 9 fully saturated rings. The molecular weight excluding hydrogens is 977 g/mol. The Morgan fingerprint density at radius 2 is 1.20 bits per heavy atom. The van der Waals surface area contributed by atoms with E-state index in [0.29, 0.717) is 45.1 Å². The molecule has 0 aromatic heterocycles. The number of rotatable bonds is 2. The van der Waals surface area contributed by atoms with Gasteiger partial charge in [-0.25, -0.2) is 0 Å². The van der Waals surface area contributed by atoms with E-state index < -0.39 is 102 Å². The fourth-order valence-corrected chi connectivity index (χ4v) is 16.0. The van der Waals surface area contributed by atoms with Crippen LogP contribution in [0.15, 0.2) is 73.4 Å². The zero-order valence-electron chi connectivity index (χ0n) is 45.2. The average molecular weight is 1060 g/mol. The van der Waals surface area contributed by atoms with E-state index in [2.05, 4.69) is 65.5 Å². The van der Waals surface area contributed by atoms with E-state index in [0.717, 1.165) is 25.7 Å². The highest BCUT2D eigenvalue weighted by Gasteiger charge is 2.63. The van der Waals surface area contributed by atoms with Crippen molar-refractivity contribution >= 4 is 0 Å². The lowest BCUT2D eigenvalue weighted by atomic mass is 9.74. The van der Waals surface area contributed by atoms with Gasteiger partial charge in [-0.15, -0.1) is 0 Å². The van der Waals surface area contributed by atoms with Crippen molar-refractivity contribution in [1.82, 2.24) is 0 Å². The first-order valence-corrected chi connectivity index (χ1v) is 29.2. The van der Waals surface area contributed by atoms with Crippen molar-refractivity contribution in [3.63, 3.8) is 0 Å². The Morgan fingerprint density at radius 3 is 1.97 bits per heavy atom. The number of fused-ring (bicyclic) bond motifs is 11. The molecule has 1 unspecified atom stereocenters. The van der Waals surface area contributed by atoms with Gasteiger partial charge in [0.1, 0.15) is 60.5 Å². The molecular formula is C60H84O16. The van der Waals surface area contributed by atoms with Crippen molar-refractivity contribution in [2.75, 3.05) is 6.61 Å². The molecule has 16 nitrogen and oxygen atoms in total. The summed E-state index contributed by atoms with van der Waals surface area (Å²) in [4.78, 5) is 0. The van der Waals surface area contributed by atoms with Crippen LogP contribution in [0.5, 0.6) is 0 Å². The first-order chi connectivity index (χ1) is 36.6. The second-order valence-corrected chi connectivity index (χ2v) is 25.4. The van der Waals surface area contributed by atoms with Crippen molar-refractivity contribution < 1.29 is 76.9 Å². The van der Waals surface area contributed by atoms with Gasteiger partial charge >= 0.3 is 0 Å². The maximum atomic E-state index is 12.4. The van der Waals surface area contributed by atoms with Crippen molar-refractivity contribution in [1.29, 1.82) is 0 Å². The summed E-state index contributed by atoms with van der Waals surface area (Å²) < 4.78 is 89.6. The number of aliphatic hydroxyl groups excluding tert-OH is 3. The Hall–Kier alpha value is -2.20. The first kappa shape index (κ1) is 53.1. The molecule has 1 spiro atoms. The van der Waals surface area contributed by atoms with Crippen LogP contribution in [0.1, 0.15) is 106 Å². The van der Waals surface area contributed by atoms with Crippen molar-refractivity contribution in [2.45, 2.75) is 269 Å². The van der Waals surface area contributed by atoms with Crippen LogP contribution in [0.4, 0.5) is 0 Å². The lowest BCUT2D eigenvalue weighted by molar-refractivity contribution is -0.341. The third-order valence-corrected chi connectivity index (χ3v) is 20.5. The van der Waals surface area contributed by atoms with Gasteiger partial charge < -0.3 is 76.9 Å². The normalized spacial score (nSPS) is 58.0. The van der Waals surface area contributed by atoms with Gasteiger partial charge in [0, 0.05) is 43.9 Å². The lowest BCUT2D eigenvalue weighted by Crippen LogP contribution is -2.65. The number of ether oxygens (including phenoxy) is 13. The van der Waals surface area contributed by atoms with Crippen LogP contribution in [0.2, 0.25) is 0 Å². The van der Waals surface area contributed by atoms with Crippen LogP contribution in [-0.2, 0) is 61.6 Å². The molecule has 0 aromatic carbocycles. The average Bonchev–Trinajstić information content (AvgIpc) is 3.69. The summed E-state index contributed by atoms with van der Waals surface area (Å²) in [7, 11) is 0. The smallest absolute Gasteiger partial charge is 0.171 e. The summed E-state index contributed by atoms with van der Waals surface area (Å²) in [5.74, 6) is -0.559. The molecule has 9 saturated heterocycles. The molecule has 0 saturated carbocycles. The fraction of sp³-hybridized carbons (Fsp3) is 0.800. The van der Waals surface area contributed by atoms with Crippen LogP contribution in [0.25, 0.3) is 0 Å². The maximum Gasteiger partial charge on any atom is 0.171 e. The molecule has 13 rings (SSSR count). The van der Waals surface area contributed by atoms with E-state index in [1.165, 1.54) is 0 Å². The third-order valence-electron chi connectivity index (χ3n) is 20.5. The molecule has 13 aliphatic heterocycles. The Kier molecular flexibility index (Phi) is 14.4. The van der Waals surface area contributed by atoms with E-state index in [1.54, 1.807) is 6.08 Å². The molecule has 0 bridgehead atoms. The summed E-state index contributed by atoms with van der Waals surface area (Å²) in [6, 6.07) is 0. The van der Waals surface area contributed by atoms with Gasteiger partial charge in [0.2, 0.25) is 0 Å². The minimum atomic E-state index is -1.02. The van der Waals surface area contributed by atoms with Crippen molar-refractivity contribution in [3.8, 4) is 0 Å². The predicted molar refractivity (Wildman–Crippen MR) is 275 cm³/mol. The second kappa shape index (κ2) is 20.7. The standard InChI is InChI=1S/C60H84O16/c1-8-9-13-34-16-17-41-55(65-34)52(63)56-46(69-41)25-42-40(72-56)21-20-38-39(67-42)19-18-37-35(66-38)14-10-11-15-36-43(68-37)26-48(61)59(7)50(70-36)27-44-45(74-59)24-30(2)29-58(6)49(71-44)28-47-53(75-58)32(4)51(62)57-54(73-47)31(3)33(5)60(76-57)22-12-23-64-60/h8-11,13,16-21,30-57,61-63H,1,12,14-15,22-29H2,2-7H3/b11-10-,13-9+/t30-,31-,32-,33-,34-,35+,36-,37?,38-,39+,40+,41-,42-,43+,44-,45+,46+,47-,48+,49+,50+,51-,52+,53+,54+,55-,56+,57-,58-,59-,60-/m0/s1. The number of hydrogen-bond acceptors (Lipinski definition) is 16. The van der Waals surface area contributed by atoms with Gasteiger partial charge in [-0.1, -0.05) is 101 Å². The topological polar surface area (TPSA) is 181 Å². The Bertz CT molecular complexity index is 2260. The van der Waals surface area contributed by atoms with Gasteiger partial charge in [0.25, 0.3) is 0 Å². The first-order valence-electron chi connectivity index (χ1n) is 29.2. The molecule has 3 N–H and O–H groups in total. The van der Waals surface area contributed by atoms with Gasteiger partial charge in [0.05, 0.1) is 104 Å². The number of allylic oxidation sites excluding steroid dienone is 2. The Balaban J connectivity index is 0.696. The van der Waals surface area contributed by atoms with Gasteiger partial charge in [-0.3, -0.25) is 0 Å². The molecule has 0 aromatic rings. The second-order valence-electron chi connectivity index (χ2n) is 25.4. The zero-order chi connectivity index (χ0) is 52.4. The quantitative estimate of drug-likeness (QED) is 0.222. The summed E-state index contributed by atoms with van der Waals surface area (Å²) in [5, 5.41) is 36.1. The maximum absolute atomic E-state index is 12.4. The summed E-state index contributed by atoms with van der Waals surface area (Å²) in [5.41, 5.74) is -1.67. The minimum Gasteiger partial charge on any atom is -0.390 e. The van der Waals surface area contributed by atoms with Crippen LogP contribution >= 0.6 is 0 Å². The highest BCUT2D eigenvalue weighted by Crippen LogP contribution is 2.53. The van der Waals surface area contributed by atoms with Gasteiger partial charge in [-0.05, 0) is 57.8 Å². The number of hydrogen-bond donors (Lipinski definition) is 3. The lowest BCUT2D eigenvalue weighted by Gasteiger charge is -2.56. The van der Waals surface area contributed by atoms with Crippen LogP contribution < -0.4 is 0 Å². The van der Waals surface area contributed by atoms with Crippen molar-refractivity contribution in [3.05, 3.63) is 73.4 Å².